The topological polar surface area (TPSA) is 114 Å². The van der Waals surface area contributed by atoms with Crippen molar-refractivity contribution >= 4 is 17.5 Å². The van der Waals surface area contributed by atoms with Gasteiger partial charge in [0.05, 0.1) is 24.3 Å². The molecule has 1 aliphatic rings. The average Bonchev–Trinajstić information content (AvgIpc) is 2.89. The minimum Gasteiger partial charge on any atom is -0.465 e. The van der Waals surface area contributed by atoms with E-state index < -0.39 is 23.3 Å². The van der Waals surface area contributed by atoms with Crippen molar-refractivity contribution in [1.82, 2.24) is 14.5 Å². The Bertz CT molecular complexity index is 1310. The molecule has 1 aliphatic heterocycles. The number of piperazine rings is 1. The number of esters is 1. The molecule has 2 aromatic carbocycles. The number of H-pyrrole nitrogens is 1. The van der Waals surface area contributed by atoms with E-state index in [0.717, 1.165) is 24.3 Å². The van der Waals surface area contributed by atoms with Gasteiger partial charge in [-0.2, -0.15) is 0 Å². The first kappa shape index (κ1) is 25.2. The number of nitrogens with two attached hydrogens (primary N) is 1. The van der Waals surface area contributed by atoms with E-state index >= 15 is 0 Å². The van der Waals surface area contributed by atoms with Crippen molar-refractivity contribution < 1.29 is 9.53 Å². The van der Waals surface area contributed by atoms with Gasteiger partial charge in [0.25, 0.3) is 5.56 Å². The van der Waals surface area contributed by atoms with E-state index in [1.54, 1.807) is 12.1 Å². The van der Waals surface area contributed by atoms with Crippen LogP contribution in [0, 0.1) is 5.92 Å². The van der Waals surface area contributed by atoms with Crippen molar-refractivity contribution in [2.45, 2.75) is 26.4 Å². The van der Waals surface area contributed by atoms with Crippen LogP contribution in [0.15, 0.2) is 64.2 Å². The summed E-state index contributed by atoms with van der Waals surface area (Å²) >= 11 is 0. The molecule has 0 unspecified atom stereocenters. The number of carbonyl (C=O) groups is 1. The number of nitrogens with one attached hydrogen (secondary N) is 1. The standard InChI is InChI=1S/C27H33N5O4/c1-18(2)17-32-24(28)22(25(33)29-27(32)35)23(19-9-11-20(12-10-19)26(34)36-3)31-15-13-30(14-16-31)21-7-5-4-6-8-21/h4-12,18,23H,13-17,28H2,1-3H3,(H,29,33,35)/t23-/m0/s1. The van der Waals surface area contributed by atoms with Crippen molar-refractivity contribution in [3.05, 3.63) is 92.1 Å². The van der Waals surface area contributed by atoms with Gasteiger partial charge in [-0.15, -0.1) is 0 Å². The Hall–Kier alpha value is -3.85. The number of para-hydroxylation sites is 1. The van der Waals surface area contributed by atoms with E-state index in [1.807, 2.05) is 44.2 Å². The normalized spacial score (nSPS) is 15.2. The van der Waals surface area contributed by atoms with Crippen molar-refractivity contribution in [3.8, 4) is 0 Å². The molecule has 9 nitrogen and oxygen atoms in total. The second-order valence-electron chi connectivity index (χ2n) is 9.44. The lowest BCUT2D eigenvalue weighted by molar-refractivity contribution is 0.0600. The zero-order valence-corrected chi connectivity index (χ0v) is 20.9. The lowest BCUT2D eigenvalue weighted by Gasteiger charge is -2.40. The molecular formula is C27H33N5O4. The monoisotopic (exact) mass is 491 g/mol. The molecule has 2 heterocycles. The molecule has 1 aromatic heterocycles. The van der Waals surface area contributed by atoms with Crippen LogP contribution in [0.25, 0.3) is 0 Å². The van der Waals surface area contributed by atoms with Gasteiger partial charge in [-0.25, -0.2) is 9.59 Å². The fourth-order valence-corrected chi connectivity index (χ4v) is 4.77. The molecule has 36 heavy (non-hydrogen) atoms. The molecule has 0 amide bonds. The third-order valence-corrected chi connectivity index (χ3v) is 6.55. The zero-order valence-electron chi connectivity index (χ0n) is 20.9. The maximum atomic E-state index is 13.2. The third-order valence-electron chi connectivity index (χ3n) is 6.55. The van der Waals surface area contributed by atoms with Gasteiger partial charge in [0.2, 0.25) is 0 Å². The van der Waals surface area contributed by atoms with Gasteiger partial charge >= 0.3 is 11.7 Å². The fourth-order valence-electron chi connectivity index (χ4n) is 4.77. The summed E-state index contributed by atoms with van der Waals surface area (Å²) in [6, 6.07) is 16.7. The summed E-state index contributed by atoms with van der Waals surface area (Å²) in [5.74, 6) is -0.0987. The molecular weight excluding hydrogens is 458 g/mol. The Kier molecular flexibility index (Phi) is 7.59. The molecule has 190 valence electrons. The SMILES string of the molecule is COC(=O)c1ccc([C@@H](c2c(N)n(CC(C)C)c(=O)[nH]c2=O)N2CCN(c3ccccc3)CC2)cc1. The van der Waals surface area contributed by atoms with Gasteiger partial charge in [-0.3, -0.25) is 19.2 Å². The number of ether oxygens (including phenoxy) is 1. The smallest absolute Gasteiger partial charge is 0.337 e. The number of nitrogen functional groups attached to an aromatic ring is 1. The average molecular weight is 492 g/mol. The quantitative estimate of drug-likeness (QED) is 0.488. The number of hydrogen-bond donors (Lipinski definition) is 2. The first-order chi connectivity index (χ1) is 17.3. The van der Waals surface area contributed by atoms with Crippen molar-refractivity contribution in [2.75, 3.05) is 43.9 Å². The van der Waals surface area contributed by atoms with E-state index in [0.29, 0.717) is 30.8 Å². The fraction of sp³-hybridized carbons (Fsp3) is 0.370. The Morgan fingerprint density at radius 1 is 1.00 bits per heavy atom. The predicted octanol–water partition coefficient (Wildman–Crippen LogP) is 2.47. The van der Waals surface area contributed by atoms with Gasteiger partial charge in [-0.1, -0.05) is 44.2 Å². The number of nitrogens with zero attached hydrogens (tertiary/aromatic N) is 3. The van der Waals surface area contributed by atoms with Crippen molar-refractivity contribution in [3.63, 3.8) is 0 Å². The van der Waals surface area contributed by atoms with Gasteiger partial charge < -0.3 is 15.4 Å². The summed E-state index contributed by atoms with van der Waals surface area (Å²) in [6.07, 6.45) is 0. The minimum absolute atomic E-state index is 0.163. The maximum absolute atomic E-state index is 13.2. The first-order valence-electron chi connectivity index (χ1n) is 12.1. The Morgan fingerprint density at radius 2 is 1.64 bits per heavy atom. The number of benzene rings is 2. The summed E-state index contributed by atoms with van der Waals surface area (Å²) < 4.78 is 6.27. The summed E-state index contributed by atoms with van der Waals surface area (Å²) in [4.78, 5) is 44.8. The number of anilines is 2. The molecule has 3 aromatic rings. The third kappa shape index (κ3) is 5.21. The van der Waals surface area contributed by atoms with Gasteiger partial charge in [0.15, 0.2) is 0 Å². The van der Waals surface area contributed by atoms with Gasteiger partial charge in [0, 0.05) is 38.4 Å². The minimum atomic E-state index is -0.511. The molecule has 0 aliphatic carbocycles. The van der Waals surface area contributed by atoms with Crippen molar-refractivity contribution in [1.29, 1.82) is 0 Å². The van der Waals surface area contributed by atoms with Crippen LogP contribution >= 0.6 is 0 Å². The molecule has 3 N–H and O–H groups in total. The number of methoxy groups -OCH3 is 1. The van der Waals surface area contributed by atoms with Crippen LogP contribution in [0.3, 0.4) is 0 Å². The first-order valence-corrected chi connectivity index (χ1v) is 12.1. The number of aromatic nitrogens is 2. The molecule has 1 atom stereocenters. The van der Waals surface area contributed by atoms with Crippen LogP contribution in [-0.2, 0) is 11.3 Å². The van der Waals surface area contributed by atoms with Gasteiger partial charge in [-0.05, 0) is 35.7 Å². The lowest BCUT2D eigenvalue weighted by atomic mass is 9.96. The second kappa shape index (κ2) is 10.8. The second-order valence-corrected chi connectivity index (χ2v) is 9.44. The van der Waals surface area contributed by atoms with Gasteiger partial charge in [0.1, 0.15) is 5.82 Å². The van der Waals surface area contributed by atoms with Crippen LogP contribution in [0.2, 0.25) is 0 Å². The molecule has 1 saturated heterocycles. The van der Waals surface area contributed by atoms with Crippen molar-refractivity contribution in [2.24, 2.45) is 5.92 Å². The lowest BCUT2D eigenvalue weighted by Crippen LogP contribution is -2.49. The van der Waals surface area contributed by atoms with Crippen LogP contribution in [0.4, 0.5) is 11.5 Å². The largest absolute Gasteiger partial charge is 0.465 e. The summed E-state index contributed by atoms with van der Waals surface area (Å²) in [5, 5.41) is 0. The molecule has 0 saturated carbocycles. The molecule has 9 heteroatoms. The predicted molar refractivity (Wildman–Crippen MR) is 140 cm³/mol. The molecule has 4 rings (SSSR count). The zero-order chi connectivity index (χ0) is 25.8. The number of rotatable bonds is 7. The van der Waals surface area contributed by atoms with Crippen LogP contribution < -0.4 is 21.9 Å². The summed E-state index contributed by atoms with van der Waals surface area (Å²) in [5.41, 5.74) is 8.24. The molecule has 1 fully saturated rings. The molecule has 0 radical (unpaired) electrons. The van der Waals surface area contributed by atoms with E-state index in [-0.39, 0.29) is 11.7 Å². The summed E-state index contributed by atoms with van der Waals surface area (Å²) in [6.45, 7) is 7.27. The Labute approximate surface area is 210 Å². The highest BCUT2D eigenvalue weighted by Gasteiger charge is 2.31. The highest BCUT2D eigenvalue weighted by Crippen LogP contribution is 2.31. The molecule has 0 bridgehead atoms. The van der Waals surface area contributed by atoms with Crippen LogP contribution in [-0.4, -0.2) is 53.7 Å². The highest BCUT2D eigenvalue weighted by atomic mass is 16.5. The molecule has 0 spiro atoms. The van der Waals surface area contributed by atoms with Crippen LogP contribution in [0.1, 0.15) is 41.4 Å². The Morgan fingerprint density at radius 3 is 2.22 bits per heavy atom. The number of aromatic amines is 1. The van der Waals surface area contributed by atoms with Crippen LogP contribution in [0.5, 0.6) is 0 Å². The maximum Gasteiger partial charge on any atom is 0.337 e. The van der Waals surface area contributed by atoms with E-state index in [9.17, 15) is 14.4 Å². The van der Waals surface area contributed by atoms with E-state index in [4.69, 9.17) is 10.5 Å². The Balaban J connectivity index is 1.75. The van der Waals surface area contributed by atoms with E-state index in [2.05, 4.69) is 26.9 Å². The number of carbonyl (C=O) groups excluding carboxylic acids is 1. The van der Waals surface area contributed by atoms with E-state index in [1.165, 1.54) is 11.7 Å². The summed E-state index contributed by atoms with van der Waals surface area (Å²) in [7, 11) is 1.34. The highest BCUT2D eigenvalue weighted by molar-refractivity contribution is 5.89. The number of hydrogen-bond acceptors (Lipinski definition) is 7.